The van der Waals surface area contributed by atoms with Crippen molar-refractivity contribution in [3.05, 3.63) is 34.6 Å². The summed E-state index contributed by atoms with van der Waals surface area (Å²) >= 11 is 10.8. The second-order valence-electron chi connectivity index (χ2n) is 4.67. The van der Waals surface area contributed by atoms with Crippen molar-refractivity contribution in [1.29, 1.82) is 0 Å². The first-order valence-corrected chi connectivity index (χ1v) is 6.81. The lowest BCUT2D eigenvalue weighted by molar-refractivity contribution is 0.200. The van der Waals surface area contributed by atoms with Crippen LogP contribution in [0.1, 0.15) is 18.4 Å². The summed E-state index contributed by atoms with van der Waals surface area (Å²) in [4.78, 5) is 2.81. The Kier molecular flexibility index (Phi) is 4.54. The highest BCUT2D eigenvalue weighted by atomic mass is 35.5. The van der Waals surface area contributed by atoms with E-state index < -0.39 is 0 Å². The molecule has 1 heterocycles. The summed E-state index contributed by atoms with van der Waals surface area (Å²) in [5, 5.41) is 0.186. The van der Waals surface area contributed by atoms with Gasteiger partial charge in [0.15, 0.2) is 0 Å². The molecule has 2 nitrogen and oxygen atoms in total. The van der Waals surface area contributed by atoms with Gasteiger partial charge >= 0.3 is 0 Å². The van der Waals surface area contributed by atoms with Gasteiger partial charge in [-0.1, -0.05) is 36.0 Å². The Hall–Kier alpha value is -0.710. The summed E-state index contributed by atoms with van der Waals surface area (Å²) in [5.41, 5.74) is 6.29. The first-order valence-electron chi connectivity index (χ1n) is 6.02. The predicted octanol–water partition coefficient (Wildman–Crippen LogP) is 2.98. The van der Waals surface area contributed by atoms with Gasteiger partial charge in [0.05, 0.1) is 10.0 Å². The van der Waals surface area contributed by atoms with Gasteiger partial charge in [-0.15, -0.1) is 0 Å². The minimum absolute atomic E-state index is 0.186. The summed E-state index contributed by atoms with van der Waals surface area (Å²) < 4.78 is 13.8. The molecule has 1 aliphatic heterocycles. The highest BCUT2D eigenvalue weighted by Gasteiger charge is 2.21. The molecule has 1 fully saturated rings. The molecule has 1 aromatic carbocycles. The maximum Gasteiger partial charge on any atom is 0.146 e. The summed E-state index contributed by atoms with van der Waals surface area (Å²) in [5.74, 6) is 0.0242. The van der Waals surface area contributed by atoms with Crippen molar-refractivity contribution >= 4 is 28.8 Å². The van der Waals surface area contributed by atoms with Crippen molar-refractivity contribution in [2.45, 2.75) is 19.4 Å². The zero-order chi connectivity index (χ0) is 13.1. The monoisotopic (exact) mass is 286 g/mol. The van der Waals surface area contributed by atoms with Gasteiger partial charge in [0, 0.05) is 18.0 Å². The second kappa shape index (κ2) is 5.95. The van der Waals surface area contributed by atoms with Gasteiger partial charge in [0.1, 0.15) is 5.82 Å². The number of hydrogen-bond donors (Lipinski definition) is 1. The van der Waals surface area contributed by atoms with E-state index in [1.54, 1.807) is 18.2 Å². The molecule has 98 valence electrons. The molecule has 2 rings (SSSR count). The number of piperidine rings is 1. The van der Waals surface area contributed by atoms with E-state index in [1.807, 2.05) is 0 Å². The van der Waals surface area contributed by atoms with Crippen LogP contribution in [0.15, 0.2) is 18.2 Å². The molecular formula is C13H16ClFN2S. The van der Waals surface area contributed by atoms with Crippen molar-refractivity contribution in [1.82, 2.24) is 4.90 Å². The van der Waals surface area contributed by atoms with Gasteiger partial charge in [-0.25, -0.2) is 4.39 Å². The quantitative estimate of drug-likeness (QED) is 0.866. The van der Waals surface area contributed by atoms with Gasteiger partial charge in [0.2, 0.25) is 0 Å². The van der Waals surface area contributed by atoms with Gasteiger partial charge in [-0.05, 0) is 32.0 Å². The molecule has 0 bridgehead atoms. The lowest BCUT2D eigenvalue weighted by Crippen LogP contribution is -2.37. The Labute approximate surface area is 117 Å². The molecule has 0 spiro atoms. The molecule has 2 N–H and O–H groups in total. The summed E-state index contributed by atoms with van der Waals surface area (Å²) in [6.45, 7) is 2.39. The number of benzene rings is 1. The third kappa shape index (κ3) is 3.19. The van der Waals surface area contributed by atoms with Gasteiger partial charge in [0.25, 0.3) is 0 Å². The third-order valence-corrected chi connectivity index (χ3v) is 4.04. The Bertz CT molecular complexity index is 445. The Morgan fingerprint density at radius 3 is 2.72 bits per heavy atom. The molecule has 1 saturated heterocycles. The van der Waals surface area contributed by atoms with E-state index in [2.05, 4.69) is 4.90 Å². The molecule has 18 heavy (non-hydrogen) atoms. The smallest absolute Gasteiger partial charge is 0.146 e. The Balaban J connectivity index is 1.96. The minimum atomic E-state index is -0.310. The fourth-order valence-electron chi connectivity index (χ4n) is 2.29. The zero-order valence-electron chi connectivity index (χ0n) is 10.0. The largest absolute Gasteiger partial charge is 0.393 e. The summed E-state index contributed by atoms with van der Waals surface area (Å²) in [7, 11) is 0. The first kappa shape index (κ1) is 13.7. The van der Waals surface area contributed by atoms with Crippen LogP contribution < -0.4 is 5.73 Å². The number of halogens is 2. The van der Waals surface area contributed by atoms with Crippen LogP contribution in [-0.4, -0.2) is 23.0 Å². The number of likely N-dealkylation sites (tertiary alicyclic amines) is 1. The first-order chi connectivity index (χ1) is 8.58. The molecule has 0 aromatic heterocycles. The van der Waals surface area contributed by atoms with Crippen molar-refractivity contribution in [2.75, 3.05) is 13.1 Å². The SMILES string of the molecule is NC(=S)C1CCN(Cc2cccc(Cl)c2F)CC1. The van der Waals surface area contributed by atoms with E-state index in [9.17, 15) is 4.39 Å². The lowest BCUT2D eigenvalue weighted by Gasteiger charge is -2.31. The van der Waals surface area contributed by atoms with E-state index in [0.717, 1.165) is 25.9 Å². The summed E-state index contributed by atoms with van der Waals surface area (Å²) in [6, 6.07) is 5.13. The third-order valence-electron chi connectivity index (χ3n) is 3.42. The van der Waals surface area contributed by atoms with Crippen LogP contribution in [0, 0.1) is 11.7 Å². The number of nitrogens with two attached hydrogens (primary N) is 1. The normalized spacial score (nSPS) is 17.9. The zero-order valence-corrected chi connectivity index (χ0v) is 11.6. The van der Waals surface area contributed by atoms with Crippen molar-refractivity contribution in [3.8, 4) is 0 Å². The van der Waals surface area contributed by atoms with E-state index in [4.69, 9.17) is 29.6 Å². The maximum atomic E-state index is 13.8. The van der Waals surface area contributed by atoms with E-state index in [1.165, 1.54) is 0 Å². The molecule has 5 heteroatoms. The summed E-state index contributed by atoms with van der Waals surface area (Å²) in [6.07, 6.45) is 1.91. The predicted molar refractivity (Wildman–Crippen MR) is 76.2 cm³/mol. The molecule has 1 aliphatic rings. The highest BCUT2D eigenvalue weighted by Crippen LogP contribution is 2.22. The van der Waals surface area contributed by atoms with Crippen LogP contribution >= 0.6 is 23.8 Å². The Morgan fingerprint density at radius 1 is 1.44 bits per heavy atom. The van der Waals surface area contributed by atoms with Gasteiger partial charge in [-0.2, -0.15) is 0 Å². The van der Waals surface area contributed by atoms with Crippen molar-refractivity contribution in [3.63, 3.8) is 0 Å². The molecule has 1 aromatic rings. The van der Waals surface area contributed by atoms with Crippen molar-refractivity contribution < 1.29 is 4.39 Å². The van der Waals surface area contributed by atoms with Crippen LogP contribution in [0.5, 0.6) is 0 Å². The molecular weight excluding hydrogens is 271 g/mol. The molecule has 0 radical (unpaired) electrons. The van der Waals surface area contributed by atoms with Gasteiger partial charge < -0.3 is 5.73 Å². The lowest BCUT2D eigenvalue weighted by atomic mass is 9.96. The van der Waals surface area contributed by atoms with Crippen LogP contribution in [0.3, 0.4) is 0 Å². The van der Waals surface area contributed by atoms with Crippen LogP contribution in [0.25, 0.3) is 0 Å². The van der Waals surface area contributed by atoms with Crippen LogP contribution in [-0.2, 0) is 6.54 Å². The molecule has 0 saturated carbocycles. The van der Waals surface area contributed by atoms with Crippen molar-refractivity contribution in [2.24, 2.45) is 11.7 Å². The molecule has 0 aliphatic carbocycles. The van der Waals surface area contributed by atoms with Gasteiger partial charge in [-0.3, -0.25) is 4.90 Å². The average Bonchev–Trinajstić information content (AvgIpc) is 2.36. The highest BCUT2D eigenvalue weighted by molar-refractivity contribution is 7.80. The molecule has 0 atom stereocenters. The van der Waals surface area contributed by atoms with E-state index in [-0.39, 0.29) is 10.8 Å². The van der Waals surface area contributed by atoms with Crippen LogP contribution in [0.4, 0.5) is 4.39 Å². The van der Waals surface area contributed by atoms with Crippen LogP contribution in [0.2, 0.25) is 5.02 Å². The van der Waals surface area contributed by atoms with E-state index >= 15 is 0 Å². The number of rotatable bonds is 3. The molecule has 0 unspecified atom stereocenters. The fourth-order valence-corrected chi connectivity index (χ4v) is 2.72. The number of thiocarbonyl (C=S) groups is 1. The maximum absolute atomic E-state index is 13.8. The van der Waals surface area contributed by atoms with E-state index in [0.29, 0.717) is 23.0 Å². The Morgan fingerprint density at radius 2 is 2.11 bits per heavy atom. The number of nitrogens with zero attached hydrogens (tertiary/aromatic N) is 1. The number of hydrogen-bond acceptors (Lipinski definition) is 2. The molecule has 0 amide bonds. The topological polar surface area (TPSA) is 29.3 Å². The second-order valence-corrected chi connectivity index (χ2v) is 5.54. The standard InChI is InChI=1S/C13H16ClFN2S/c14-11-3-1-2-10(12(11)15)8-17-6-4-9(5-7-17)13(16)18/h1-3,9H,4-8H2,(H2,16,18). The fraction of sp³-hybridized carbons (Fsp3) is 0.462. The minimum Gasteiger partial charge on any atom is -0.393 e. The average molecular weight is 287 g/mol.